The van der Waals surface area contributed by atoms with Crippen molar-refractivity contribution in [3.8, 4) is 0 Å². The quantitative estimate of drug-likeness (QED) is 0.504. The van der Waals surface area contributed by atoms with Crippen molar-refractivity contribution in [2.45, 2.75) is 11.3 Å². The Bertz CT molecular complexity index is 215. The van der Waals surface area contributed by atoms with Crippen molar-refractivity contribution in [3.63, 3.8) is 0 Å². The fraction of sp³-hybridized carbons (Fsp3) is 0.125. The van der Waals surface area contributed by atoms with Gasteiger partial charge in [0.15, 0.2) is 0 Å². The Morgan fingerprint density at radius 2 is 1.90 bits per heavy atom. The van der Waals surface area contributed by atoms with Crippen LogP contribution in [0.5, 0.6) is 0 Å². The number of thiol groups is 1. The van der Waals surface area contributed by atoms with E-state index in [0.29, 0.717) is 6.42 Å². The fourth-order valence-electron chi connectivity index (χ4n) is 0.728. The highest BCUT2D eigenvalue weighted by atomic mass is 32.1. The van der Waals surface area contributed by atoms with Crippen molar-refractivity contribution in [2.75, 3.05) is 0 Å². The maximum atomic E-state index is 10.0. The molecule has 0 aliphatic heterocycles. The number of hydrogen-bond donors (Lipinski definition) is 1. The van der Waals surface area contributed by atoms with E-state index in [-0.39, 0.29) is 0 Å². The first-order valence-electron chi connectivity index (χ1n) is 3.04. The second-order valence-electron chi connectivity index (χ2n) is 2.04. The summed E-state index contributed by atoms with van der Waals surface area (Å²) >= 11 is 4.11. The van der Waals surface area contributed by atoms with E-state index in [2.05, 4.69) is 12.6 Å². The van der Waals surface area contributed by atoms with Crippen LogP contribution >= 0.6 is 12.6 Å². The van der Waals surface area contributed by atoms with Crippen molar-refractivity contribution in [1.29, 1.82) is 0 Å². The maximum Gasteiger partial charge on any atom is 0.124 e. The highest BCUT2D eigenvalue weighted by Gasteiger charge is 1.88. The molecule has 1 aromatic rings. The zero-order valence-corrected chi connectivity index (χ0v) is 6.34. The molecular weight excluding hydrogens is 144 g/mol. The van der Waals surface area contributed by atoms with Gasteiger partial charge in [-0.2, -0.15) is 0 Å². The van der Waals surface area contributed by atoms with Crippen molar-refractivity contribution in [3.05, 3.63) is 29.8 Å². The summed E-state index contributed by atoms with van der Waals surface area (Å²) in [6.45, 7) is 0. The first kappa shape index (κ1) is 7.35. The van der Waals surface area contributed by atoms with Crippen LogP contribution in [0, 0.1) is 0 Å². The van der Waals surface area contributed by atoms with E-state index in [9.17, 15) is 4.79 Å². The molecule has 0 unspecified atom stereocenters. The Hall–Kier alpha value is -0.760. The number of rotatable bonds is 2. The van der Waals surface area contributed by atoms with Crippen LogP contribution in [0.2, 0.25) is 0 Å². The van der Waals surface area contributed by atoms with E-state index in [0.717, 1.165) is 16.7 Å². The molecule has 0 heterocycles. The smallest absolute Gasteiger partial charge is 0.124 e. The average Bonchev–Trinajstić information content (AvgIpc) is 1.95. The lowest BCUT2D eigenvalue weighted by Gasteiger charge is -1.93. The van der Waals surface area contributed by atoms with E-state index in [1.165, 1.54) is 0 Å². The fourth-order valence-corrected chi connectivity index (χ4v) is 0.877. The third kappa shape index (κ3) is 1.88. The van der Waals surface area contributed by atoms with E-state index in [4.69, 9.17) is 0 Å². The molecule has 0 saturated heterocycles. The number of carbonyl (C=O) groups excluding carboxylic acids is 1. The molecule has 0 radical (unpaired) electrons. The minimum Gasteiger partial charge on any atom is -0.303 e. The van der Waals surface area contributed by atoms with E-state index < -0.39 is 0 Å². The van der Waals surface area contributed by atoms with Crippen LogP contribution in [0.4, 0.5) is 0 Å². The van der Waals surface area contributed by atoms with Crippen LogP contribution in [0.3, 0.4) is 0 Å². The van der Waals surface area contributed by atoms with Crippen LogP contribution in [0.15, 0.2) is 29.2 Å². The molecule has 0 aliphatic rings. The average molecular weight is 152 g/mol. The molecule has 2 heteroatoms. The lowest BCUT2D eigenvalue weighted by molar-refractivity contribution is -0.107. The molecule has 0 saturated carbocycles. The molecule has 0 N–H and O–H groups in total. The third-order valence-corrected chi connectivity index (χ3v) is 1.55. The maximum absolute atomic E-state index is 10.0. The number of benzene rings is 1. The van der Waals surface area contributed by atoms with E-state index >= 15 is 0 Å². The van der Waals surface area contributed by atoms with Crippen LogP contribution in [-0.4, -0.2) is 6.29 Å². The first-order valence-corrected chi connectivity index (χ1v) is 3.49. The summed E-state index contributed by atoms with van der Waals surface area (Å²) in [6, 6.07) is 7.55. The minimum absolute atomic E-state index is 0.494. The van der Waals surface area contributed by atoms with Crippen LogP contribution in [0.25, 0.3) is 0 Å². The lowest BCUT2D eigenvalue weighted by atomic mass is 10.2. The molecule has 10 heavy (non-hydrogen) atoms. The molecule has 0 fully saturated rings. The SMILES string of the molecule is O=CCc1ccc(S)cc1. The molecular formula is C8H8OS. The molecule has 0 aliphatic carbocycles. The van der Waals surface area contributed by atoms with Gasteiger partial charge < -0.3 is 4.79 Å². The van der Waals surface area contributed by atoms with Gasteiger partial charge in [-0.25, -0.2) is 0 Å². The van der Waals surface area contributed by atoms with Gasteiger partial charge in [0.1, 0.15) is 6.29 Å². The zero-order valence-electron chi connectivity index (χ0n) is 5.45. The predicted molar refractivity (Wildman–Crippen MR) is 43.5 cm³/mol. The van der Waals surface area contributed by atoms with Crippen LogP contribution in [0.1, 0.15) is 5.56 Å². The van der Waals surface area contributed by atoms with Gasteiger partial charge in [-0.3, -0.25) is 0 Å². The normalized spacial score (nSPS) is 9.30. The monoisotopic (exact) mass is 152 g/mol. The van der Waals surface area contributed by atoms with Gasteiger partial charge in [-0.15, -0.1) is 12.6 Å². The summed E-state index contributed by atoms with van der Waals surface area (Å²) in [5, 5.41) is 0. The van der Waals surface area contributed by atoms with E-state index in [1.54, 1.807) is 0 Å². The zero-order chi connectivity index (χ0) is 7.40. The number of carbonyl (C=O) groups is 1. The number of aldehydes is 1. The molecule has 0 spiro atoms. The molecule has 52 valence electrons. The summed E-state index contributed by atoms with van der Waals surface area (Å²) in [7, 11) is 0. The van der Waals surface area contributed by atoms with Gasteiger partial charge >= 0.3 is 0 Å². The van der Waals surface area contributed by atoms with Gasteiger partial charge in [0.25, 0.3) is 0 Å². The second-order valence-corrected chi connectivity index (χ2v) is 2.55. The van der Waals surface area contributed by atoms with Gasteiger partial charge in [-0.05, 0) is 17.7 Å². The Labute approximate surface area is 65.5 Å². The summed E-state index contributed by atoms with van der Waals surface area (Å²) < 4.78 is 0. The highest BCUT2D eigenvalue weighted by Crippen LogP contribution is 2.06. The molecule has 0 aromatic heterocycles. The molecule has 1 nitrogen and oxygen atoms in total. The Morgan fingerprint density at radius 1 is 1.30 bits per heavy atom. The Balaban J connectivity index is 2.78. The molecule has 0 atom stereocenters. The molecule has 1 aromatic carbocycles. The second kappa shape index (κ2) is 3.42. The molecule has 1 rings (SSSR count). The van der Waals surface area contributed by atoms with Crippen molar-refractivity contribution in [2.24, 2.45) is 0 Å². The predicted octanol–water partition coefficient (Wildman–Crippen LogP) is 1.72. The molecule has 0 bridgehead atoms. The standard InChI is InChI=1S/C8H8OS/c9-6-5-7-1-3-8(10)4-2-7/h1-4,6,10H,5H2. The van der Waals surface area contributed by atoms with Crippen molar-refractivity contribution < 1.29 is 4.79 Å². The highest BCUT2D eigenvalue weighted by molar-refractivity contribution is 7.80. The Morgan fingerprint density at radius 3 is 2.40 bits per heavy atom. The van der Waals surface area contributed by atoms with Crippen LogP contribution < -0.4 is 0 Å². The minimum atomic E-state index is 0.494. The van der Waals surface area contributed by atoms with E-state index in [1.807, 2.05) is 24.3 Å². The summed E-state index contributed by atoms with van der Waals surface area (Å²) in [6.07, 6.45) is 1.39. The van der Waals surface area contributed by atoms with Gasteiger partial charge in [0, 0.05) is 11.3 Å². The van der Waals surface area contributed by atoms with Crippen molar-refractivity contribution in [1.82, 2.24) is 0 Å². The Kier molecular flexibility index (Phi) is 2.51. The van der Waals surface area contributed by atoms with Gasteiger partial charge in [0.05, 0.1) is 0 Å². The first-order chi connectivity index (χ1) is 4.83. The topological polar surface area (TPSA) is 17.1 Å². The summed E-state index contributed by atoms with van der Waals surface area (Å²) in [5.41, 5.74) is 1.04. The summed E-state index contributed by atoms with van der Waals surface area (Å²) in [5.74, 6) is 0. The van der Waals surface area contributed by atoms with Gasteiger partial charge in [-0.1, -0.05) is 12.1 Å². The lowest BCUT2D eigenvalue weighted by Crippen LogP contribution is -1.83. The van der Waals surface area contributed by atoms with Crippen molar-refractivity contribution >= 4 is 18.9 Å². The van der Waals surface area contributed by atoms with Gasteiger partial charge in [0.2, 0.25) is 0 Å². The number of hydrogen-bond acceptors (Lipinski definition) is 2. The van der Waals surface area contributed by atoms with Crippen LogP contribution in [-0.2, 0) is 11.2 Å². The third-order valence-electron chi connectivity index (χ3n) is 1.26. The largest absolute Gasteiger partial charge is 0.303 e. The summed E-state index contributed by atoms with van der Waals surface area (Å²) in [4.78, 5) is 11.0. The molecule has 0 amide bonds.